The molecule has 0 bridgehead atoms. The van der Waals surface area contributed by atoms with Crippen molar-refractivity contribution < 1.29 is 22.7 Å². The Morgan fingerprint density at radius 3 is 2.38 bits per heavy atom. The summed E-state index contributed by atoms with van der Waals surface area (Å²) in [7, 11) is 0. The normalized spacial score (nSPS) is 11.2. The van der Waals surface area contributed by atoms with Crippen molar-refractivity contribution in [2.24, 2.45) is 0 Å². The molecule has 1 heterocycles. The molecular formula is C19H13F3N2O2. The van der Waals surface area contributed by atoms with Gasteiger partial charge in [0.25, 0.3) is 0 Å². The van der Waals surface area contributed by atoms with Crippen LogP contribution in [0.1, 0.15) is 15.9 Å². The van der Waals surface area contributed by atoms with Gasteiger partial charge in [0, 0.05) is 34.6 Å². The number of para-hydroxylation sites is 2. The van der Waals surface area contributed by atoms with Crippen molar-refractivity contribution in [2.45, 2.75) is 6.36 Å². The van der Waals surface area contributed by atoms with Crippen molar-refractivity contribution in [3.05, 3.63) is 78.1 Å². The van der Waals surface area contributed by atoms with Gasteiger partial charge in [-0.3, -0.25) is 9.78 Å². The third-order valence-corrected chi connectivity index (χ3v) is 3.68. The summed E-state index contributed by atoms with van der Waals surface area (Å²) in [6, 6.07) is 13.4. The van der Waals surface area contributed by atoms with Gasteiger partial charge in [0.1, 0.15) is 5.75 Å². The standard InChI is InChI=1S/C19H13F3N2O2/c20-19(21,22)26-16-9-2-1-6-13(16)14-7-3-8-15(17(14)23)18(25)12-5-4-10-24-11-12/h1-11H,23H2. The van der Waals surface area contributed by atoms with E-state index in [1.165, 1.54) is 42.7 Å². The van der Waals surface area contributed by atoms with Gasteiger partial charge < -0.3 is 10.5 Å². The van der Waals surface area contributed by atoms with E-state index in [0.717, 1.165) is 0 Å². The SMILES string of the molecule is Nc1c(C(=O)c2cccnc2)cccc1-c1ccccc1OC(F)(F)F. The fraction of sp³-hybridized carbons (Fsp3) is 0.0526. The number of rotatable bonds is 4. The van der Waals surface area contributed by atoms with Crippen molar-refractivity contribution in [2.75, 3.05) is 5.73 Å². The minimum atomic E-state index is -4.84. The number of carbonyl (C=O) groups is 1. The van der Waals surface area contributed by atoms with E-state index in [-0.39, 0.29) is 28.2 Å². The fourth-order valence-corrected chi connectivity index (χ4v) is 2.55. The lowest BCUT2D eigenvalue weighted by molar-refractivity contribution is -0.274. The Labute approximate surface area is 147 Å². The Kier molecular flexibility index (Phi) is 4.62. The van der Waals surface area contributed by atoms with Gasteiger partial charge in [-0.15, -0.1) is 13.2 Å². The molecule has 0 aliphatic rings. The quantitative estimate of drug-likeness (QED) is 0.552. The van der Waals surface area contributed by atoms with E-state index in [4.69, 9.17) is 5.73 Å². The van der Waals surface area contributed by atoms with Crippen LogP contribution in [0.5, 0.6) is 5.75 Å². The molecule has 0 saturated carbocycles. The van der Waals surface area contributed by atoms with E-state index in [9.17, 15) is 18.0 Å². The van der Waals surface area contributed by atoms with Gasteiger partial charge in [0.2, 0.25) is 0 Å². The number of benzene rings is 2. The molecular weight excluding hydrogens is 345 g/mol. The first-order chi connectivity index (χ1) is 12.4. The van der Waals surface area contributed by atoms with Crippen LogP contribution < -0.4 is 10.5 Å². The molecule has 0 radical (unpaired) electrons. The lowest BCUT2D eigenvalue weighted by Gasteiger charge is -2.16. The molecule has 2 N–H and O–H groups in total. The molecule has 0 aliphatic heterocycles. The maximum absolute atomic E-state index is 12.7. The molecule has 132 valence electrons. The lowest BCUT2D eigenvalue weighted by atomic mass is 9.95. The molecule has 3 rings (SSSR count). The number of anilines is 1. The van der Waals surface area contributed by atoms with Gasteiger partial charge in [-0.2, -0.15) is 0 Å². The van der Waals surface area contributed by atoms with E-state index in [0.29, 0.717) is 5.56 Å². The van der Waals surface area contributed by atoms with Crippen LogP contribution in [0.15, 0.2) is 67.0 Å². The Hall–Kier alpha value is -3.35. The van der Waals surface area contributed by atoms with Crippen molar-refractivity contribution >= 4 is 11.5 Å². The van der Waals surface area contributed by atoms with Crippen LogP contribution in [-0.4, -0.2) is 17.1 Å². The number of nitrogens with zero attached hydrogens (tertiary/aromatic N) is 1. The topological polar surface area (TPSA) is 65.2 Å². The third-order valence-electron chi connectivity index (χ3n) is 3.68. The average molecular weight is 358 g/mol. The summed E-state index contributed by atoms with van der Waals surface area (Å²) in [5, 5.41) is 0. The van der Waals surface area contributed by atoms with Crippen LogP contribution in [0, 0.1) is 0 Å². The number of alkyl halides is 3. The van der Waals surface area contributed by atoms with Gasteiger partial charge in [-0.1, -0.05) is 30.3 Å². The number of ether oxygens (including phenoxy) is 1. The summed E-state index contributed by atoms with van der Waals surface area (Å²) < 4.78 is 42.0. The van der Waals surface area contributed by atoms with Crippen LogP contribution >= 0.6 is 0 Å². The molecule has 0 atom stereocenters. The number of hydrogen-bond acceptors (Lipinski definition) is 4. The molecule has 0 saturated heterocycles. The van der Waals surface area contributed by atoms with E-state index in [1.807, 2.05) is 0 Å². The largest absolute Gasteiger partial charge is 0.573 e. The molecule has 0 aliphatic carbocycles. The minimum absolute atomic E-state index is 0.0691. The Morgan fingerprint density at radius 1 is 0.962 bits per heavy atom. The minimum Gasteiger partial charge on any atom is -0.405 e. The third kappa shape index (κ3) is 3.66. The highest BCUT2D eigenvalue weighted by Crippen LogP contribution is 2.38. The van der Waals surface area contributed by atoms with Gasteiger partial charge in [-0.05, 0) is 24.3 Å². The first kappa shape index (κ1) is 17.5. The molecule has 1 aromatic heterocycles. The molecule has 2 aromatic carbocycles. The van der Waals surface area contributed by atoms with Crippen LogP contribution in [0.25, 0.3) is 11.1 Å². The molecule has 26 heavy (non-hydrogen) atoms. The van der Waals surface area contributed by atoms with Crippen LogP contribution in [0.3, 0.4) is 0 Å². The zero-order valence-electron chi connectivity index (χ0n) is 13.3. The summed E-state index contributed by atoms with van der Waals surface area (Å²) >= 11 is 0. The van der Waals surface area contributed by atoms with E-state index >= 15 is 0 Å². The molecule has 0 spiro atoms. The predicted molar refractivity (Wildman–Crippen MR) is 90.6 cm³/mol. The van der Waals surface area contributed by atoms with Gasteiger partial charge in [0.05, 0.1) is 5.69 Å². The molecule has 0 amide bonds. The second kappa shape index (κ2) is 6.87. The second-order valence-corrected chi connectivity index (χ2v) is 5.38. The van der Waals surface area contributed by atoms with Gasteiger partial charge >= 0.3 is 6.36 Å². The Bertz CT molecular complexity index is 941. The van der Waals surface area contributed by atoms with Crippen molar-refractivity contribution in [3.63, 3.8) is 0 Å². The van der Waals surface area contributed by atoms with Crippen molar-refractivity contribution in [3.8, 4) is 16.9 Å². The van der Waals surface area contributed by atoms with E-state index in [2.05, 4.69) is 9.72 Å². The number of ketones is 1. The van der Waals surface area contributed by atoms with Crippen LogP contribution in [0.2, 0.25) is 0 Å². The average Bonchev–Trinajstić information content (AvgIpc) is 2.61. The molecule has 4 nitrogen and oxygen atoms in total. The van der Waals surface area contributed by atoms with Crippen LogP contribution in [-0.2, 0) is 0 Å². The smallest absolute Gasteiger partial charge is 0.405 e. The Balaban J connectivity index is 2.08. The number of nitrogen functional groups attached to an aromatic ring is 1. The maximum Gasteiger partial charge on any atom is 0.573 e. The number of nitrogens with two attached hydrogens (primary N) is 1. The number of halogens is 3. The number of aromatic nitrogens is 1. The summed E-state index contributed by atoms with van der Waals surface area (Å²) in [5.41, 5.74) is 7.10. The monoisotopic (exact) mass is 358 g/mol. The van der Waals surface area contributed by atoms with Crippen molar-refractivity contribution in [1.82, 2.24) is 4.98 Å². The summed E-state index contributed by atoms with van der Waals surface area (Å²) in [6.45, 7) is 0. The number of carbonyl (C=O) groups excluding carboxylic acids is 1. The van der Waals surface area contributed by atoms with Gasteiger partial charge in [0.15, 0.2) is 5.78 Å². The number of hydrogen-bond donors (Lipinski definition) is 1. The van der Waals surface area contributed by atoms with E-state index in [1.54, 1.807) is 24.3 Å². The molecule has 3 aromatic rings. The second-order valence-electron chi connectivity index (χ2n) is 5.38. The van der Waals surface area contributed by atoms with Gasteiger partial charge in [-0.25, -0.2) is 0 Å². The highest BCUT2D eigenvalue weighted by atomic mass is 19.4. The zero-order chi connectivity index (χ0) is 18.7. The molecule has 7 heteroatoms. The zero-order valence-corrected chi connectivity index (χ0v) is 13.3. The molecule has 0 fully saturated rings. The first-order valence-corrected chi connectivity index (χ1v) is 7.55. The highest BCUT2D eigenvalue weighted by molar-refractivity contribution is 6.13. The number of pyridine rings is 1. The van der Waals surface area contributed by atoms with Crippen LogP contribution in [0.4, 0.5) is 18.9 Å². The predicted octanol–water partition coefficient (Wildman–Crippen LogP) is 4.46. The maximum atomic E-state index is 12.7. The Morgan fingerprint density at radius 2 is 1.69 bits per heavy atom. The first-order valence-electron chi connectivity index (χ1n) is 7.55. The summed E-state index contributed by atoms with van der Waals surface area (Å²) in [4.78, 5) is 16.5. The van der Waals surface area contributed by atoms with Crippen molar-refractivity contribution in [1.29, 1.82) is 0 Å². The molecule has 0 unspecified atom stereocenters. The highest BCUT2D eigenvalue weighted by Gasteiger charge is 2.32. The lowest BCUT2D eigenvalue weighted by Crippen LogP contribution is -2.17. The summed E-state index contributed by atoms with van der Waals surface area (Å²) in [6.07, 6.45) is -1.91. The fourth-order valence-electron chi connectivity index (χ4n) is 2.55. The summed E-state index contributed by atoms with van der Waals surface area (Å²) in [5.74, 6) is -0.760. The van der Waals surface area contributed by atoms with E-state index < -0.39 is 12.1 Å².